The van der Waals surface area contributed by atoms with Crippen LogP contribution in [-0.2, 0) is 9.47 Å². The summed E-state index contributed by atoms with van der Waals surface area (Å²) in [6.07, 6.45) is 5.30. The smallest absolute Gasteiger partial charge is 0.162 e. The lowest BCUT2D eigenvalue weighted by atomic mass is 9.70. The molecule has 0 amide bonds. The van der Waals surface area contributed by atoms with Crippen LogP contribution in [0.15, 0.2) is 24.3 Å². The second-order valence-corrected chi connectivity index (χ2v) is 6.11. The van der Waals surface area contributed by atoms with E-state index in [0.717, 1.165) is 5.57 Å². The third-order valence-corrected chi connectivity index (χ3v) is 3.49. The summed E-state index contributed by atoms with van der Waals surface area (Å²) in [7, 11) is 0. The van der Waals surface area contributed by atoms with Gasteiger partial charge in [-0.25, -0.2) is 0 Å². The average Bonchev–Trinajstić information content (AvgIpc) is 2.21. The van der Waals surface area contributed by atoms with Crippen molar-refractivity contribution in [2.24, 2.45) is 5.41 Å². The van der Waals surface area contributed by atoms with E-state index in [1.165, 1.54) is 0 Å². The first-order chi connectivity index (χ1) is 7.76. The minimum Gasteiger partial charge on any atom is -0.390 e. The molecule has 0 radical (unpaired) electrons. The van der Waals surface area contributed by atoms with Gasteiger partial charge in [0.1, 0.15) is 0 Å². The van der Waals surface area contributed by atoms with Crippen LogP contribution in [0.5, 0.6) is 0 Å². The Morgan fingerprint density at radius 2 is 1.88 bits per heavy atom. The number of aliphatic hydroxyl groups is 1. The molecule has 3 heteroatoms. The van der Waals surface area contributed by atoms with E-state index >= 15 is 0 Å². The molecule has 1 fully saturated rings. The van der Waals surface area contributed by atoms with Crippen molar-refractivity contribution in [3.8, 4) is 0 Å². The Hall–Kier alpha value is -0.640. The number of hydrogen-bond donors (Lipinski definition) is 1. The van der Waals surface area contributed by atoms with Gasteiger partial charge in [-0.15, -0.1) is 0 Å². The molecule has 1 unspecified atom stereocenters. The van der Waals surface area contributed by atoms with Crippen LogP contribution in [0.2, 0.25) is 0 Å². The van der Waals surface area contributed by atoms with Crippen molar-refractivity contribution in [3.05, 3.63) is 24.3 Å². The van der Waals surface area contributed by atoms with E-state index in [0.29, 0.717) is 26.1 Å². The Balaban J connectivity index is 2.23. The topological polar surface area (TPSA) is 38.7 Å². The quantitative estimate of drug-likeness (QED) is 0.762. The molecule has 1 spiro atoms. The van der Waals surface area contributed by atoms with Gasteiger partial charge < -0.3 is 14.6 Å². The lowest BCUT2D eigenvalue weighted by Crippen LogP contribution is -2.50. The van der Waals surface area contributed by atoms with Gasteiger partial charge in [0.25, 0.3) is 0 Å². The molecule has 1 saturated heterocycles. The van der Waals surface area contributed by atoms with Gasteiger partial charge >= 0.3 is 0 Å². The standard InChI is InChI=1S/C14H22O3/c1-5-11-6-13(4,15)8-14(7-11)9-16-12(2,3)17-10-14/h5,7,15H,1,6,8-10H2,2-4H3. The maximum absolute atomic E-state index is 10.3. The summed E-state index contributed by atoms with van der Waals surface area (Å²) in [5.74, 6) is -0.517. The molecule has 0 bridgehead atoms. The SMILES string of the molecule is C=CC1=CC2(COC(C)(C)OC2)CC(C)(O)C1. The molecule has 0 aromatic rings. The maximum atomic E-state index is 10.3. The first kappa shape index (κ1) is 12.8. The Labute approximate surface area is 103 Å². The van der Waals surface area contributed by atoms with Crippen LogP contribution in [0.4, 0.5) is 0 Å². The molecule has 0 aromatic heterocycles. The molecule has 1 aliphatic heterocycles. The summed E-state index contributed by atoms with van der Waals surface area (Å²) in [5, 5.41) is 10.3. The molecule has 17 heavy (non-hydrogen) atoms. The lowest BCUT2D eigenvalue weighted by molar-refractivity contribution is -0.283. The Kier molecular flexibility index (Phi) is 2.97. The van der Waals surface area contributed by atoms with E-state index in [9.17, 15) is 5.11 Å². The molecule has 1 atom stereocenters. The van der Waals surface area contributed by atoms with Gasteiger partial charge in [-0.05, 0) is 32.8 Å². The Morgan fingerprint density at radius 3 is 2.41 bits per heavy atom. The van der Waals surface area contributed by atoms with Crippen LogP contribution in [0.25, 0.3) is 0 Å². The summed E-state index contributed by atoms with van der Waals surface area (Å²) in [6, 6.07) is 0. The van der Waals surface area contributed by atoms with Gasteiger partial charge in [-0.3, -0.25) is 0 Å². The van der Waals surface area contributed by atoms with E-state index in [4.69, 9.17) is 9.47 Å². The molecule has 2 aliphatic rings. The minimum atomic E-state index is -0.702. The van der Waals surface area contributed by atoms with Crippen molar-refractivity contribution >= 4 is 0 Å². The summed E-state index contributed by atoms with van der Waals surface area (Å²) >= 11 is 0. The van der Waals surface area contributed by atoms with Crippen molar-refractivity contribution < 1.29 is 14.6 Å². The predicted octanol–water partition coefficient (Wildman–Crippen LogP) is 2.41. The van der Waals surface area contributed by atoms with Gasteiger partial charge in [0, 0.05) is 11.8 Å². The highest BCUT2D eigenvalue weighted by atomic mass is 16.7. The van der Waals surface area contributed by atoms with Crippen molar-refractivity contribution in [1.29, 1.82) is 0 Å². The fourth-order valence-electron chi connectivity index (χ4n) is 2.79. The van der Waals surface area contributed by atoms with Gasteiger partial charge in [0.2, 0.25) is 0 Å². The van der Waals surface area contributed by atoms with E-state index in [1.54, 1.807) is 0 Å². The lowest BCUT2D eigenvalue weighted by Gasteiger charge is -2.47. The monoisotopic (exact) mass is 238 g/mol. The zero-order valence-corrected chi connectivity index (χ0v) is 11.0. The number of hydrogen-bond acceptors (Lipinski definition) is 3. The molecule has 0 aromatic carbocycles. The number of allylic oxidation sites excluding steroid dienone is 1. The molecular formula is C14H22O3. The summed E-state index contributed by atoms with van der Waals surface area (Å²) in [4.78, 5) is 0. The first-order valence-corrected chi connectivity index (χ1v) is 6.10. The number of rotatable bonds is 1. The molecule has 3 nitrogen and oxygen atoms in total. The van der Waals surface area contributed by atoms with E-state index < -0.39 is 11.4 Å². The van der Waals surface area contributed by atoms with Gasteiger partial charge in [-0.1, -0.05) is 18.7 Å². The highest BCUT2D eigenvalue weighted by Crippen LogP contribution is 2.44. The first-order valence-electron chi connectivity index (χ1n) is 6.10. The summed E-state index contributed by atoms with van der Waals surface area (Å²) in [5.41, 5.74) is 0.168. The minimum absolute atomic E-state index is 0.208. The van der Waals surface area contributed by atoms with Gasteiger partial charge in [-0.2, -0.15) is 0 Å². The van der Waals surface area contributed by atoms with Crippen LogP contribution in [0, 0.1) is 5.41 Å². The van der Waals surface area contributed by atoms with Gasteiger partial charge in [0.05, 0.1) is 18.8 Å². The molecular weight excluding hydrogens is 216 g/mol. The molecule has 96 valence electrons. The third kappa shape index (κ3) is 2.79. The zero-order chi connectivity index (χ0) is 12.7. The Bertz CT molecular complexity index is 342. The fraction of sp³-hybridized carbons (Fsp3) is 0.714. The van der Waals surface area contributed by atoms with E-state index in [1.807, 2.05) is 26.8 Å². The predicted molar refractivity (Wildman–Crippen MR) is 66.6 cm³/mol. The summed E-state index contributed by atoms with van der Waals surface area (Å²) < 4.78 is 11.5. The third-order valence-electron chi connectivity index (χ3n) is 3.49. The van der Waals surface area contributed by atoms with Crippen LogP contribution in [0.1, 0.15) is 33.6 Å². The van der Waals surface area contributed by atoms with Gasteiger partial charge in [0.15, 0.2) is 5.79 Å². The average molecular weight is 238 g/mol. The maximum Gasteiger partial charge on any atom is 0.162 e. The van der Waals surface area contributed by atoms with Crippen molar-refractivity contribution in [1.82, 2.24) is 0 Å². The van der Waals surface area contributed by atoms with Crippen molar-refractivity contribution in [3.63, 3.8) is 0 Å². The van der Waals surface area contributed by atoms with Crippen LogP contribution in [0.3, 0.4) is 0 Å². The van der Waals surface area contributed by atoms with E-state index in [-0.39, 0.29) is 5.41 Å². The highest BCUT2D eigenvalue weighted by Gasteiger charge is 2.45. The van der Waals surface area contributed by atoms with Crippen LogP contribution < -0.4 is 0 Å². The zero-order valence-electron chi connectivity index (χ0n) is 11.0. The molecule has 2 rings (SSSR count). The fourth-order valence-corrected chi connectivity index (χ4v) is 2.79. The van der Waals surface area contributed by atoms with Crippen molar-refractivity contribution in [2.45, 2.75) is 45.0 Å². The molecule has 1 aliphatic carbocycles. The molecule has 1 N–H and O–H groups in total. The van der Waals surface area contributed by atoms with E-state index in [2.05, 4.69) is 12.7 Å². The second kappa shape index (κ2) is 3.94. The van der Waals surface area contributed by atoms with Crippen LogP contribution in [-0.4, -0.2) is 29.7 Å². The number of ether oxygens (including phenoxy) is 2. The van der Waals surface area contributed by atoms with Crippen molar-refractivity contribution in [2.75, 3.05) is 13.2 Å². The second-order valence-electron chi connectivity index (χ2n) is 6.11. The summed E-state index contributed by atoms with van der Waals surface area (Å²) in [6.45, 7) is 10.7. The Morgan fingerprint density at radius 1 is 1.29 bits per heavy atom. The normalized spacial score (nSPS) is 35.4. The largest absolute Gasteiger partial charge is 0.390 e. The molecule has 1 heterocycles. The van der Waals surface area contributed by atoms with Crippen LogP contribution >= 0.6 is 0 Å². The highest BCUT2D eigenvalue weighted by molar-refractivity contribution is 5.27. The molecule has 0 saturated carbocycles.